The number of allylic oxidation sites excluding steroid dienone is 18. The first-order valence-corrected chi connectivity index (χ1v) is 27.9. The Kier molecular flexibility index (Phi) is 52.4. The number of hydrogen-bond acceptors (Lipinski definition) is 6. The SMILES string of the molecule is CC/C=C\C/C=C\C/C=C\C/C=C\C/C=C\C/C=C\C/C=C\CCCC(=O)OCC(COC(=O)CCCCCCCCCCC)OC(=O)CCCCCCCCC/C=C\C/C=C\CCCCCC. The largest absolute Gasteiger partial charge is 0.462 e. The third-order valence-electron chi connectivity index (χ3n) is 11.5. The minimum absolute atomic E-state index is 0.0996. The highest BCUT2D eigenvalue weighted by atomic mass is 16.6. The highest BCUT2D eigenvalue weighted by Gasteiger charge is 2.19. The first-order chi connectivity index (χ1) is 33.5. The van der Waals surface area contributed by atoms with Crippen LogP contribution in [0.25, 0.3) is 0 Å². The zero-order chi connectivity index (χ0) is 49.3. The molecule has 1 unspecified atom stereocenters. The summed E-state index contributed by atoms with van der Waals surface area (Å²) in [6.45, 7) is 6.43. The lowest BCUT2D eigenvalue weighted by molar-refractivity contribution is -0.167. The minimum atomic E-state index is -0.805. The number of hydrogen-bond donors (Lipinski definition) is 0. The zero-order valence-corrected chi connectivity index (χ0v) is 44.1. The summed E-state index contributed by atoms with van der Waals surface area (Å²) in [4.78, 5) is 38.0. The summed E-state index contributed by atoms with van der Waals surface area (Å²) in [5.74, 6) is -0.974. The van der Waals surface area contributed by atoms with Crippen LogP contribution in [0, 0.1) is 0 Å². The van der Waals surface area contributed by atoms with E-state index >= 15 is 0 Å². The number of rotatable bonds is 49. The van der Waals surface area contributed by atoms with Gasteiger partial charge in [-0.3, -0.25) is 14.4 Å². The molecule has 0 aromatic carbocycles. The predicted octanol–water partition coefficient (Wildman–Crippen LogP) is 18.7. The second-order valence-electron chi connectivity index (χ2n) is 18.1. The van der Waals surface area contributed by atoms with Crippen molar-refractivity contribution in [1.29, 1.82) is 0 Å². The highest BCUT2D eigenvalue weighted by molar-refractivity contribution is 5.71. The van der Waals surface area contributed by atoms with Crippen molar-refractivity contribution in [2.45, 2.75) is 252 Å². The Hall–Kier alpha value is -3.93. The molecule has 0 saturated carbocycles. The molecule has 0 radical (unpaired) electrons. The van der Waals surface area contributed by atoms with E-state index in [4.69, 9.17) is 14.2 Å². The monoisotopic (exact) mass is 943 g/mol. The highest BCUT2D eigenvalue weighted by Crippen LogP contribution is 2.14. The van der Waals surface area contributed by atoms with Crippen molar-refractivity contribution >= 4 is 17.9 Å². The van der Waals surface area contributed by atoms with Crippen molar-refractivity contribution in [3.63, 3.8) is 0 Å². The standard InChI is InChI=1S/C62H102O6/c1-4-7-10-13-16-19-21-23-25-27-29-30-31-32-33-35-36-38-40-43-46-49-52-55-61(64)67-58-59(57-66-60(63)54-51-48-45-42-18-15-12-9-6-3)68-62(65)56-53-50-47-44-41-39-37-34-28-26-24-22-20-17-14-11-8-5-2/h7,10,16,19-20,22-23,25-26,28-30,32-33,36,38,43,46,59H,4-6,8-9,11-15,17-18,21,24,27,31,34-35,37,39-42,44-45,47-58H2,1-3H3/b10-7-,19-16-,22-20-,25-23-,28-26-,30-29-,33-32-,38-36-,46-43-. The van der Waals surface area contributed by atoms with Crippen molar-refractivity contribution in [3.05, 3.63) is 109 Å². The maximum Gasteiger partial charge on any atom is 0.306 e. The van der Waals surface area contributed by atoms with Gasteiger partial charge < -0.3 is 14.2 Å². The van der Waals surface area contributed by atoms with Crippen LogP contribution in [0.15, 0.2) is 109 Å². The smallest absolute Gasteiger partial charge is 0.306 e. The topological polar surface area (TPSA) is 78.9 Å². The van der Waals surface area contributed by atoms with Crippen molar-refractivity contribution in [3.8, 4) is 0 Å². The van der Waals surface area contributed by atoms with Gasteiger partial charge in [-0.2, -0.15) is 0 Å². The molecule has 6 heteroatoms. The zero-order valence-electron chi connectivity index (χ0n) is 44.1. The molecule has 0 fully saturated rings. The lowest BCUT2D eigenvalue weighted by Gasteiger charge is -2.18. The molecule has 0 aliphatic carbocycles. The molecule has 0 saturated heterocycles. The fourth-order valence-electron chi connectivity index (χ4n) is 7.34. The number of carbonyl (C=O) groups excluding carboxylic acids is 3. The molecule has 0 aliphatic heterocycles. The van der Waals surface area contributed by atoms with E-state index in [0.717, 1.165) is 103 Å². The first kappa shape index (κ1) is 64.1. The van der Waals surface area contributed by atoms with E-state index in [2.05, 4.69) is 130 Å². The van der Waals surface area contributed by atoms with Crippen LogP contribution in [0.2, 0.25) is 0 Å². The van der Waals surface area contributed by atoms with Crippen molar-refractivity contribution in [2.75, 3.05) is 13.2 Å². The number of unbranched alkanes of at least 4 members (excludes halogenated alkanes) is 20. The van der Waals surface area contributed by atoms with Gasteiger partial charge in [0, 0.05) is 19.3 Å². The molecular weight excluding hydrogens is 841 g/mol. The molecule has 0 N–H and O–H groups in total. The fourth-order valence-corrected chi connectivity index (χ4v) is 7.34. The molecule has 6 nitrogen and oxygen atoms in total. The first-order valence-electron chi connectivity index (χ1n) is 27.9. The van der Waals surface area contributed by atoms with Gasteiger partial charge in [-0.25, -0.2) is 0 Å². The van der Waals surface area contributed by atoms with Crippen LogP contribution in [0.3, 0.4) is 0 Å². The van der Waals surface area contributed by atoms with Crippen LogP contribution < -0.4 is 0 Å². The Morgan fingerprint density at radius 2 is 0.588 bits per heavy atom. The van der Waals surface area contributed by atoms with Crippen molar-refractivity contribution in [1.82, 2.24) is 0 Å². The van der Waals surface area contributed by atoms with Gasteiger partial charge in [-0.1, -0.05) is 233 Å². The third-order valence-corrected chi connectivity index (χ3v) is 11.5. The number of carbonyl (C=O) groups is 3. The van der Waals surface area contributed by atoms with Crippen molar-refractivity contribution in [2.24, 2.45) is 0 Å². The van der Waals surface area contributed by atoms with Gasteiger partial charge in [0.15, 0.2) is 6.10 Å². The van der Waals surface area contributed by atoms with Gasteiger partial charge in [0.1, 0.15) is 13.2 Å². The molecule has 0 heterocycles. The molecule has 68 heavy (non-hydrogen) atoms. The van der Waals surface area contributed by atoms with E-state index in [-0.39, 0.29) is 37.5 Å². The van der Waals surface area contributed by atoms with Crippen LogP contribution in [0.4, 0.5) is 0 Å². The average Bonchev–Trinajstić information content (AvgIpc) is 3.34. The summed E-state index contributed by atoms with van der Waals surface area (Å²) in [5, 5.41) is 0. The molecule has 0 rings (SSSR count). The van der Waals surface area contributed by atoms with Gasteiger partial charge in [-0.05, 0) is 103 Å². The molecule has 386 valence electrons. The lowest BCUT2D eigenvalue weighted by Crippen LogP contribution is -2.30. The molecule has 0 spiro atoms. The summed E-state index contributed by atoms with van der Waals surface area (Å²) >= 11 is 0. The summed E-state index contributed by atoms with van der Waals surface area (Å²) in [5.41, 5.74) is 0. The molecule has 0 aliphatic rings. The molecule has 0 aromatic heterocycles. The lowest BCUT2D eigenvalue weighted by atomic mass is 10.1. The number of ether oxygens (including phenoxy) is 3. The van der Waals surface area contributed by atoms with E-state index in [0.29, 0.717) is 19.3 Å². The van der Waals surface area contributed by atoms with E-state index < -0.39 is 6.10 Å². The average molecular weight is 943 g/mol. The van der Waals surface area contributed by atoms with Gasteiger partial charge in [-0.15, -0.1) is 0 Å². The predicted molar refractivity (Wildman–Crippen MR) is 293 cm³/mol. The minimum Gasteiger partial charge on any atom is -0.462 e. The van der Waals surface area contributed by atoms with E-state index in [1.54, 1.807) is 0 Å². The number of esters is 3. The Morgan fingerprint density at radius 1 is 0.309 bits per heavy atom. The van der Waals surface area contributed by atoms with E-state index in [1.807, 2.05) is 0 Å². The van der Waals surface area contributed by atoms with Crippen LogP contribution in [0.1, 0.15) is 245 Å². The van der Waals surface area contributed by atoms with Crippen molar-refractivity contribution < 1.29 is 28.6 Å². The third kappa shape index (κ3) is 53.0. The van der Waals surface area contributed by atoms with Crippen LogP contribution in [-0.4, -0.2) is 37.2 Å². The Labute approximate surface area is 419 Å². The van der Waals surface area contributed by atoms with E-state index in [9.17, 15) is 14.4 Å². The summed E-state index contributed by atoms with van der Waals surface area (Å²) in [6.07, 6.45) is 75.1. The Balaban J connectivity index is 4.42. The van der Waals surface area contributed by atoms with Gasteiger partial charge in [0.05, 0.1) is 0 Å². The second-order valence-corrected chi connectivity index (χ2v) is 18.1. The normalized spacial score (nSPS) is 12.9. The molecule has 0 bridgehead atoms. The van der Waals surface area contributed by atoms with Crippen LogP contribution >= 0.6 is 0 Å². The van der Waals surface area contributed by atoms with Gasteiger partial charge in [0.2, 0.25) is 0 Å². The van der Waals surface area contributed by atoms with Gasteiger partial charge in [0.25, 0.3) is 0 Å². The maximum absolute atomic E-state index is 12.8. The molecule has 0 amide bonds. The maximum atomic E-state index is 12.8. The fraction of sp³-hybridized carbons (Fsp3) is 0.661. The summed E-state index contributed by atoms with van der Waals surface area (Å²) < 4.78 is 16.7. The molecule has 1 atom stereocenters. The Bertz CT molecular complexity index is 1410. The second kappa shape index (κ2) is 55.7. The van der Waals surface area contributed by atoms with Crippen LogP contribution in [-0.2, 0) is 28.6 Å². The molecular formula is C62H102O6. The Morgan fingerprint density at radius 3 is 0.971 bits per heavy atom. The van der Waals surface area contributed by atoms with Crippen LogP contribution in [0.5, 0.6) is 0 Å². The van der Waals surface area contributed by atoms with E-state index in [1.165, 1.54) is 96.3 Å². The summed E-state index contributed by atoms with van der Waals surface area (Å²) in [7, 11) is 0. The summed E-state index contributed by atoms with van der Waals surface area (Å²) in [6, 6.07) is 0. The quantitative estimate of drug-likeness (QED) is 0.0262. The van der Waals surface area contributed by atoms with Gasteiger partial charge >= 0.3 is 17.9 Å². The molecule has 0 aromatic rings.